The Morgan fingerprint density at radius 3 is 2.71 bits per heavy atom. The van der Waals surface area contributed by atoms with Crippen molar-refractivity contribution < 1.29 is 14.6 Å². The zero-order valence-electron chi connectivity index (χ0n) is 8.04. The molecule has 3 heteroatoms. The monoisotopic (exact) mass is 192 g/mol. The first-order valence-electron chi connectivity index (χ1n) is 4.42. The molecule has 0 bridgehead atoms. The van der Waals surface area contributed by atoms with Crippen LogP contribution >= 0.6 is 0 Å². The first kappa shape index (κ1) is 8.94. The lowest BCUT2D eigenvalue weighted by molar-refractivity contribution is 0.174. The summed E-state index contributed by atoms with van der Waals surface area (Å²) in [5.74, 6) is 1.53. The van der Waals surface area contributed by atoms with Gasteiger partial charge in [-0.2, -0.15) is 0 Å². The van der Waals surface area contributed by atoms with Crippen molar-refractivity contribution in [1.29, 1.82) is 0 Å². The van der Waals surface area contributed by atoms with Crippen molar-refractivity contribution in [3.05, 3.63) is 29.8 Å². The van der Waals surface area contributed by atoms with Crippen LogP contribution in [0.3, 0.4) is 0 Å². The molecule has 0 saturated carbocycles. The Hall–Kier alpha value is -1.64. The lowest BCUT2D eigenvalue weighted by atomic mass is 10.1. The number of phenolic OH excluding ortho intramolecular Hbond substituents is 1. The van der Waals surface area contributed by atoms with Crippen LogP contribution in [0.1, 0.15) is 12.5 Å². The Kier molecular flexibility index (Phi) is 2.08. The quantitative estimate of drug-likeness (QED) is 0.730. The maximum absolute atomic E-state index is 9.65. The molecule has 1 N–H and O–H groups in total. The second kappa shape index (κ2) is 3.25. The van der Waals surface area contributed by atoms with E-state index in [2.05, 4.69) is 6.58 Å². The van der Waals surface area contributed by atoms with Gasteiger partial charge in [-0.05, 0) is 19.4 Å². The van der Waals surface area contributed by atoms with Gasteiger partial charge in [-0.15, -0.1) is 0 Å². The van der Waals surface area contributed by atoms with Crippen LogP contribution in [-0.4, -0.2) is 11.9 Å². The van der Waals surface area contributed by atoms with Gasteiger partial charge in [0.05, 0.1) is 0 Å². The van der Waals surface area contributed by atoms with Gasteiger partial charge in [-0.3, -0.25) is 0 Å². The molecule has 74 valence electrons. The first-order chi connectivity index (χ1) is 6.66. The Bertz CT molecular complexity index is 382. The first-order valence-corrected chi connectivity index (χ1v) is 4.42. The molecule has 0 fully saturated rings. The van der Waals surface area contributed by atoms with E-state index in [4.69, 9.17) is 9.47 Å². The molecule has 1 aromatic carbocycles. The minimum atomic E-state index is 0.227. The lowest BCUT2D eigenvalue weighted by Crippen LogP contribution is -1.93. The van der Waals surface area contributed by atoms with Crippen LogP contribution in [0.5, 0.6) is 17.2 Å². The third-order valence-corrected chi connectivity index (χ3v) is 2.07. The van der Waals surface area contributed by atoms with Gasteiger partial charge < -0.3 is 14.6 Å². The molecule has 1 aliphatic heterocycles. The summed E-state index contributed by atoms with van der Waals surface area (Å²) in [5.41, 5.74) is 1.82. The Labute approximate surface area is 82.6 Å². The second-order valence-electron chi connectivity index (χ2n) is 3.47. The van der Waals surface area contributed by atoms with Crippen LogP contribution in [-0.2, 0) is 6.42 Å². The minimum absolute atomic E-state index is 0.227. The smallest absolute Gasteiger partial charge is 0.231 e. The largest absolute Gasteiger partial charge is 0.508 e. The summed E-state index contributed by atoms with van der Waals surface area (Å²) in [7, 11) is 0. The normalized spacial score (nSPS) is 12.9. The minimum Gasteiger partial charge on any atom is -0.508 e. The molecule has 1 aromatic rings. The van der Waals surface area contributed by atoms with Gasteiger partial charge in [0.2, 0.25) is 6.79 Å². The van der Waals surface area contributed by atoms with Crippen molar-refractivity contribution in [2.24, 2.45) is 0 Å². The molecule has 0 unspecified atom stereocenters. The molecular formula is C11H12O3. The summed E-state index contributed by atoms with van der Waals surface area (Å²) in [5, 5.41) is 9.65. The zero-order valence-corrected chi connectivity index (χ0v) is 8.04. The van der Waals surface area contributed by atoms with Gasteiger partial charge in [-0.25, -0.2) is 0 Å². The molecular weight excluding hydrogens is 180 g/mol. The highest BCUT2D eigenvalue weighted by Crippen LogP contribution is 2.38. The summed E-state index contributed by atoms with van der Waals surface area (Å²) in [6.07, 6.45) is 0.655. The average Bonchev–Trinajstić information content (AvgIpc) is 2.51. The van der Waals surface area contributed by atoms with E-state index in [1.807, 2.05) is 6.92 Å². The molecule has 0 radical (unpaired) electrons. The van der Waals surface area contributed by atoms with Gasteiger partial charge in [0.25, 0.3) is 0 Å². The van der Waals surface area contributed by atoms with E-state index in [1.165, 1.54) is 0 Å². The van der Waals surface area contributed by atoms with Crippen LogP contribution in [0.2, 0.25) is 0 Å². The Morgan fingerprint density at radius 2 is 2.07 bits per heavy atom. The number of hydrogen-bond donors (Lipinski definition) is 1. The van der Waals surface area contributed by atoms with E-state index >= 15 is 0 Å². The molecule has 0 atom stereocenters. The molecule has 0 spiro atoms. The highest BCUT2D eigenvalue weighted by molar-refractivity contribution is 5.51. The maximum atomic E-state index is 9.65. The Balaban J connectivity index is 2.37. The fourth-order valence-electron chi connectivity index (χ4n) is 1.44. The number of ether oxygens (including phenoxy) is 2. The van der Waals surface area contributed by atoms with E-state index in [9.17, 15) is 5.11 Å². The molecule has 0 aliphatic carbocycles. The predicted molar refractivity (Wildman–Crippen MR) is 52.7 cm³/mol. The molecule has 0 aromatic heterocycles. The van der Waals surface area contributed by atoms with Crippen molar-refractivity contribution in [3.63, 3.8) is 0 Å². The van der Waals surface area contributed by atoms with Crippen molar-refractivity contribution in [3.8, 4) is 17.2 Å². The summed E-state index contributed by atoms with van der Waals surface area (Å²) >= 11 is 0. The highest BCUT2D eigenvalue weighted by Gasteiger charge is 2.16. The fourth-order valence-corrected chi connectivity index (χ4v) is 1.44. The molecule has 3 nitrogen and oxygen atoms in total. The number of hydrogen-bond acceptors (Lipinski definition) is 3. The van der Waals surface area contributed by atoms with Gasteiger partial charge in [0.15, 0.2) is 11.5 Å². The number of aromatic hydroxyl groups is 1. The fraction of sp³-hybridized carbons (Fsp3) is 0.273. The van der Waals surface area contributed by atoms with Crippen molar-refractivity contribution >= 4 is 0 Å². The van der Waals surface area contributed by atoms with Crippen LogP contribution in [0.25, 0.3) is 0 Å². The van der Waals surface area contributed by atoms with Crippen molar-refractivity contribution in [1.82, 2.24) is 0 Å². The molecule has 14 heavy (non-hydrogen) atoms. The van der Waals surface area contributed by atoms with Crippen LogP contribution in [0.15, 0.2) is 24.3 Å². The summed E-state index contributed by atoms with van der Waals surface area (Å²) in [4.78, 5) is 0. The number of allylic oxidation sites excluding steroid dienone is 1. The molecule has 0 amide bonds. The lowest BCUT2D eigenvalue weighted by Gasteiger charge is -2.05. The maximum Gasteiger partial charge on any atom is 0.231 e. The van der Waals surface area contributed by atoms with E-state index in [0.29, 0.717) is 17.9 Å². The van der Waals surface area contributed by atoms with Crippen LogP contribution in [0.4, 0.5) is 0 Å². The average molecular weight is 192 g/mol. The highest BCUT2D eigenvalue weighted by atomic mass is 16.7. The standard InChI is InChI=1S/C11H12O3/c1-7(2)3-8-4-10-11(5-9(8)12)14-6-13-10/h4-5,12H,1,3,6H2,2H3. The third-order valence-electron chi connectivity index (χ3n) is 2.07. The summed E-state index contributed by atoms with van der Waals surface area (Å²) in [6, 6.07) is 3.38. The number of rotatable bonds is 2. The van der Waals surface area contributed by atoms with Crippen molar-refractivity contribution in [2.75, 3.05) is 6.79 Å². The SMILES string of the molecule is C=C(C)Cc1cc2c(cc1O)OCO2. The van der Waals surface area contributed by atoms with Gasteiger partial charge in [0, 0.05) is 11.6 Å². The number of phenols is 1. The summed E-state index contributed by atoms with van der Waals surface area (Å²) < 4.78 is 10.3. The van der Waals surface area contributed by atoms with E-state index in [0.717, 1.165) is 11.1 Å². The predicted octanol–water partition coefficient (Wildman–Crippen LogP) is 2.24. The third kappa shape index (κ3) is 1.53. The van der Waals surface area contributed by atoms with Gasteiger partial charge in [0.1, 0.15) is 5.75 Å². The van der Waals surface area contributed by atoms with E-state index in [-0.39, 0.29) is 12.5 Å². The number of fused-ring (bicyclic) bond motifs is 1. The number of benzene rings is 1. The molecule has 1 heterocycles. The Morgan fingerprint density at radius 1 is 1.43 bits per heavy atom. The molecule has 0 saturated heterocycles. The van der Waals surface area contributed by atoms with Crippen molar-refractivity contribution in [2.45, 2.75) is 13.3 Å². The van der Waals surface area contributed by atoms with E-state index in [1.54, 1.807) is 12.1 Å². The van der Waals surface area contributed by atoms with E-state index < -0.39 is 0 Å². The second-order valence-corrected chi connectivity index (χ2v) is 3.47. The molecule has 2 rings (SSSR count). The summed E-state index contributed by atoms with van der Waals surface area (Å²) in [6.45, 7) is 5.95. The van der Waals surface area contributed by atoms with Gasteiger partial charge in [-0.1, -0.05) is 12.2 Å². The topological polar surface area (TPSA) is 38.7 Å². The van der Waals surface area contributed by atoms with Gasteiger partial charge >= 0.3 is 0 Å². The van der Waals surface area contributed by atoms with Crippen LogP contribution in [0, 0.1) is 0 Å². The molecule has 1 aliphatic rings. The van der Waals surface area contributed by atoms with Crippen LogP contribution < -0.4 is 9.47 Å². The zero-order chi connectivity index (χ0) is 10.1.